The monoisotopic (exact) mass is 582 g/mol. The number of nitrogens with one attached hydrogen (secondary N) is 1. The fraction of sp³-hybridized carbons (Fsp3) is 0.486. The zero-order valence-electron chi connectivity index (χ0n) is 24.8. The third kappa shape index (κ3) is 5.97. The molecule has 220 valence electrons. The van der Waals surface area contributed by atoms with Gasteiger partial charge in [-0.2, -0.15) is 9.71 Å². The van der Waals surface area contributed by atoms with E-state index in [-0.39, 0.29) is 0 Å². The van der Waals surface area contributed by atoms with Crippen molar-refractivity contribution in [2.45, 2.75) is 57.3 Å². The van der Waals surface area contributed by atoms with Crippen LogP contribution >= 0.6 is 0 Å². The molecule has 3 aliphatic carbocycles. The quantitative estimate of drug-likeness (QED) is 0.272. The van der Waals surface area contributed by atoms with Crippen molar-refractivity contribution in [2.75, 3.05) is 31.0 Å². The average molecular weight is 583 g/mol. The van der Waals surface area contributed by atoms with E-state index in [1.165, 1.54) is 44.3 Å². The van der Waals surface area contributed by atoms with Crippen LogP contribution in [0.4, 0.5) is 5.95 Å². The van der Waals surface area contributed by atoms with Crippen molar-refractivity contribution in [1.82, 2.24) is 14.9 Å². The minimum Gasteiger partial charge on any atom is -0.588 e. The Morgan fingerprint density at radius 2 is 1.83 bits per heavy atom. The number of hydrogen-bond donors (Lipinski definition) is 1. The molecule has 6 nitrogen and oxygen atoms in total. The molecule has 0 radical (unpaired) electrons. The first-order chi connectivity index (χ1) is 20.5. The number of allylic oxidation sites excluding steroid dienone is 2. The fourth-order valence-electron chi connectivity index (χ4n) is 7.88. The van der Waals surface area contributed by atoms with Gasteiger partial charge in [0.15, 0.2) is 4.90 Å². The second-order valence-electron chi connectivity index (χ2n) is 13.0. The summed E-state index contributed by atoms with van der Waals surface area (Å²) in [6.07, 6.45) is 12.4. The number of piperidine rings is 1. The molecular weight excluding hydrogens is 540 g/mol. The maximum atomic E-state index is 13.4. The number of aromatic nitrogens is 2. The van der Waals surface area contributed by atoms with E-state index in [2.05, 4.69) is 66.0 Å². The smallest absolute Gasteiger partial charge is 0.269 e. The Hall–Kier alpha value is -2.87. The van der Waals surface area contributed by atoms with E-state index in [0.29, 0.717) is 30.3 Å². The maximum absolute atomic E-state index is 13.4. The van der Waals surface area contributed by atoms with E-state index >= 15 is 0 Å². The molecule has 42 heavy (non-hydrogen) atoms. The van der Waals surface area contributed by atoms with Crippen molar-refractivity contribution in [2.24, 2.45) is 29.6 Å². The van der Waals surface area contributed by atoms with Gasteiger partial charge in [-0.1, -0.05) is 42.5 Å². The first-order valence-electron chi connectivity index (χ1n) is 15.7. The zero-order valence-corrected chi connectivity index (χ0v) is 25.6. The first kappa shape index (κ1) is 27.9. The maximum Gasteiger partial charge on any atom is 0.269 e. The van der Waals surface area contributed by atoms with Gasteiger partial charge in [0.2, 0.25) is 5.88 Å². The highest BCUT2D eigenvalue weighted by Crippen LogP contribution is 2.41. The Bertz CT molecular complexity index is 1440. The molecule has 5 unspecified atom stereocenters. The number of fused-ring (bicyclic) bond motifs is 7. The molecule has 2 aromatic carbocycles. The highest BCUT2D eigenvalue weighted by Gasteiger charge is 2.36. The van der Waals surface area contributed by atoms with Crippen molar-refractivity contribution in [1.29, 1.82) is 0 Å². The summed E-state index contributed by atoms with van der Waals surface area (Å²) in [6, 6.07) is 16.4. The molecule has 1 N–H and O–H groups in total. The fourth-order valence-corrected chi connectivity index (χ4v) is 8.71. The molecule has 6 atom stereocenters. The molecule has 7 heteroatoms. The lowest BCUT2D eigenvalue weighted by molar-refractivity contribution is 0.0509. The number of aryl methyl sites for hydroxylation is 3. The van der Waals surface area contributed by atoms with Gasteiger partial charge in [0.05, 0.1) is 12.3 Å². The minimum absolute atomic E-state index is 0.327. The molecule has 5 aliphatic rings. The molecule has 1 saturated heterocycles. The van der Waals surface area contributed by atoms with Crippen molar-refractivity contribution in [3.63, 3.8) is 0 Å². The molecule has 3 heterocycles. The van der Waals surface area contributed by atoms with Crippen LogP contribution in [0.25, 0.3) is 11.3 Å². The van der Waals surface area contributed by atoms with E-state index in [1.54, 1.807) is 0 Å². The second kappa shape index (κ2) is 12.0. The SMILES string of the molecule is Cc1cccc(C)c1-c1cc2nc(n1)N[S+]([O-])c1cccc(c1)CCC1CCN(CC3CC4C=CC3CC4)C[C@@H]1CO2. The standard InChI is InChI=1S/C35H42N4O2S/c1-23-5-3-6-24(2)34(23)32-19-33-37-35(36-32)38-42(40)31-8-4-7-25(18-31)9-14-28-15-16-39(21-30(28)22-41-33)20-29-17-26-10-12-27(29)13-11-26/h3-8,10,12,18-19,26-30H,9,11,13-17,20-22H2,1-2H3,(H,36,37,38)/t26?,27?,28?,29?,30-,42?/m1/s1. The van der Waals surface area contributed by atoms with Gasteiger partial charge in [0, 0.05) is 30.6 Å². The molecule has 2 aliphatic heterocycles. The van der Waals surface area contributed by atoms with Crippen LogP contribution in [0.1, 0.15) is 48.8 Å². The van der Waals surface area contributed by atoms with Crippen LogP contribution in [-0.2, 0) is 17.8 Å². The van der Waals surface area contributed by atoms with Gasteiger partial charge in [-0.05, 0) is 111 Å². The Morgan fingerprint density at radius 3 is 2.62 bits per heavy atom. The molecular formula is C35H42N4O2S. The summed E-state index contributed by atoms with van der Waals surface area (Å²) < 4.78 is 23.0. The first-order valence-corrected chi connectivity index (χ1v) is 16.9. The molecule has 1 saturated carbocycles. The predicted molar refractivity (Wildman–Crippen MR) is 169 cm³/mol. The van der Waals surface area contributed by atoms with Gasteiger partial charge in [0.25, 0.3) is 5.95 Å². The third-order valence-electron chi connectivity index (χ3n) is 10.2. The Morgan fingerprint density at radius 1 is 0.976 bits per heavy atom. The number of nitrogens with zero attached hydrogens (tertiary/aromatic N) is 3. The second-order valence-corrected chi connectivity index (χ2v) is 14.2. The van der Waals surface area contributed by atoms with Crippen LogP contribution in [0.5, 0.6) is 5.88 Å². The van der Waals surface area contributed by atoms with Crippen LogP contribution in [-0.4, -0.2) is 45.7 Å². The topological polar surface area (TPSA) is 73.3 Å². The molecule has 6 bridgehead atoms. The van der Waals surface area contributed by atoms with Gasteiger partial charge in [-0.15, -0.1) is 0 Å². The summed E-state index contributed by atoms with van der Waals surface area (Å²) in [5.41, 5.74) is 5.38. The summed E-state index contributed by atoms with van der Waals surface area (Å²) >= 11 is -1.48. The summed E-state index contributed by atoms with van der Waals surface area (Å²) in [5.74, 6) is 4.24. The summed E-state index contributed by atoms with van der Waals surface area (Å²) in [4.78, 5) is 13.0. The predicted octanol–water partition coefficient (Wildman–Crippen LogP) is 6.76. The average Bonchev–Trinajstić information content (AvgIpc) is 3.00. The van der Waals surface area contributed by atoms with E-state index in [0.717, 1.165) is 64.4 Å². The number of rotatable bonds is 3. The molecule has 3 aromatic rings. The van der Waals surface area contributed by atoms with Crippen LogP contribution in [0.2, 0.25) is 0 Å². The van der Waals surface area contributed by atoms with Crippen LogP contribution in [0, 0.1) is 43.4 Å². The Labute approximate surface area is 253 Å². The van der Waals surface area contributed by atoms with Gasteiger partial charge in [-0.25, -0.2) is 4.98 Å². The van der Waals surface area contributed by atoms with Crippen molar-refractivity contribution in [3.05, 3.63) is 77.4 Å². The van der Waals surface area contributed by atoms with Gasteiger partial charge in [-0.3, -0.25) is 0 Å². The molecule has 1 aromatic heterocycles. The number of benzene rings is 2. The number of likely N-dealkylation sites (tertiary alicyclic amines) is 1. The highest BCUT2D eigenvalue weighted by atomic mass is 32.2. The molecule has 2 fully saturated rings. The van der Waals surface area contributed by atoms with Gasteiger partial charge >= 0.3 is 0 Å². The lowest BCUT2D eigenvalue weighted by atomic mass is 9.69. The van der Waals surface area contributed by atoms with E-state index in [1.807, 2.05) is 18.2 Å². The summed E-state index contributed by atoms with van der Waals surface area (Å²) in [7, 11) is 0. The third-order valence-corrected chi connectivity index (χ3v) is 11.2. The Kier molecular flexibility index (Phi) is 7.99. The summed E-state index contributed by atoms with van der Waals surface area (Å²) in [5, 5.41) is 0. The van der Waals surface area contributed by atoms with Crippen LogP contribution in [0.15, 0.2) is 65.6 Å². The molecule has 0 spiro atoms. The van der Waals surface area contributed by atoms with Crippen molar-refractivity contribution < 1.29 is 9.29 Å². The number of ether oxygens (including phenoxy) is 1. The van der Waals surface area contributed by atoms with Crippen LogP contribution in [0.3, 0.4) is 0 Å². The lowest BCUT2D eigenvalue weighted by Gasteiger charge is -2.44. The molecule has 0 amide bonds. The zero-order chi connectivity index (χ0) is 28.6. The van der Waals surface area contributed by atoms with E-state index in [9.17, 15) is 4.55 Å². The lowest BCUT2D eigenvalue weighted by Crippen LogP contribution is -2.46. The number of anilines is 1. The van der Waals surface area contributed by atoms with Crippen molar-refractivity contribution >= 4 is 17.3 Å². The highest BCUT2D eigenvalue weighted by molar-refractivity contribution is 7.92. The van der Waals surface area contributed by atoms with Crippen molar-refractivity contribution in [3.8, 4) is 17.1 Å². The largest absolute Gasteiger partial charge is 0.588 e. The Balaban J connectivity index is 1.18. The van der Waals surface area contributed by atoms with Gasteiger partial charge < -0.3 is 14.2 Å². The molecule has 8 rings (SSSR count). The normalized spacial score (nSPS) is 29.2. The van der Waals surface area contributed by atoms with E-state index in [4.69, 9.17) is 14.7 Å². The minimum atomic E-state index is -1.48. The van der Waals surface area contributed by atoms with Gasteiger partial charge in [0.1, 0.15) is 11.4 Å². The van der Waals surface area contributed by atoms with Crippen LogP contribution < -0.4 is 9.46 Å². The van der Waals surface area contributed by atoms with E-state index < -0.39 is 11.4 Å². The number of hydrogen-bond acceptors (Lipinski definition) is 6. The summed E-state index contributed by atoms with van der Waals surface area (Å²) in [6.45, 7) is 8.28.